The van der Waals surface area contributed by atoms with E-state index < -0.39 is 0 Å². The molecule has 0 aromatic carbocycles. The van der Waals surface area contributed by atoms with E-state index in [9.17, 15) is 4.79 Å². The van der Waals surface area contributed by atoms with Gasteiger partial charge in [0.1, 0.15) is 0 Å². The lowest BCUT2D eigenvalue weighted by Crippen LogP contribution is -2.46. The molecule has 3 nitrogen and oxygen atoms in total. The number of hydrogen-bond acceptors (Lipinski definition) is 2. The summed E-state index contributed by atoms with van der Waals surface area (Å²) < 4.78 is 0. The largest absolute Gasteiger partial charge is 0.358 e. The second kappa shape index (κ2) is 6.60. The van der Waals surface area contributed by atoms with E-state index in [1.807, 2.05) is 13.0 Å². The average Bonchev–Trinajstić information content (AvgIpc) is 2.16. The van der Waals surface area contributed by atoms with Gasteiger partial charge in [-0.1, -0.05) is 13.0 Å². The SMILES string of the molecule is C=CCC(C)C(C)N[C@H](C)C(=O)NC. The van der Waals surface area contributed by atoms with Crippen LogP contribution in [-0.2, 0) is 4.79 Å². The minimum Gasteiger partial charge on any atom is -0.358 e. The van der Waals surface area contributed by atoms with Crippen molar-refractivity contribution in [3.63, 3.8) is 0 Å². The molecule has 0 fully saturated rings. The standard InChI is InChI=1S/C11H22N2O/c1-6-7-8(2)9(3)13-10(4)11(14)12-5/h6,8-10,13H,1,7H2,2-5H3,(H,12,14)/t8?,9?,10-/m1/s1. The molecular weight excluding hydrogens is 176 g/mol. The number of likely N-dealkylation sites (N-methyl/N-ethyl adjacent to an activating group) is 1. The third-order valence-electron chi connectivity index (χ3n) is 2.54. The number of nitrogens with one attached hydrogen (secondary N) is 2. The van der Waals surface area contributed by atoms with Crippen LogP contribution in [0.4, 0.5) is 0 Å². The van der Waals surface area contributed by atoms with E-state index >= 15 is 0 Å². The second-order valence-electron chi connectivity index (χ2n) is 3.79. The normalized spacial score (nSPS) is 16.9. The van der Waals surface area contributed by atoms with Gasteiger partial charge in [-0.25, -0.2) is 0 Å². The molecule has 0 heterocycles. The van der Waals surface area contributed by atoms with Gasteiger partial charge in [-0.3, -0.25) is 4.79 Å². The number of allylic oxidation sites excluding steroid dienone is 1. The Morgan fingerprint density at radius 2 is 2.00 bits per heavy atom. The summed E-state index contributed by atoms with van der Waals surface area (Å²) in [7, 11) is 1.65. The smallest absolute Gasteiger partial charge is 0.236 e. The zero-order valence-corrected chi connectivity index (χ0v) is 9.63. The van der Waals surface area contributed by atoms with Crippen LogP contribution in [0.25, 0.3) is 0 Å². The molecule has 14 heavy (non-hydrogen) atoms. The number of carbonyl (C=O) groups is 1. The maximum absolute atomic E-state index is 11.2. The first kappa shape index (κ1) is 13.2. The number of hydrogen-bond donors (Lipinski definition) is 2. The molecule has 0 saturated carbocycles. The summed E-state index contributed by atoms with van der Waals surface area (Å²) in [6.45, 7) is 9.82. The van der Waals surface area contributed by atoms with E-state index in [0.717, 1.165) is 6.42 Å². The molecule has 0 bridgehead atoms. The van der Waals surface area contributed by atoms with E-state index in [4.69, 9.17) is 0 Å². The van der Waals surface area contributed by atoms with Gasteiger partial charge in [0.05, 0.1) is 6.04 Å². The van der Waals surface area contributed by atoms with Crippen molar-refractivity contribution in [3.8, 4) is 0 Å². The van der Waals surface area contributed by atoms with E-state index in [2.05, 4.69) is 31.1 Å². The van der Waals surface area contributed by atoms with Crippen LogP contribution in [0.15, 0.2) is 12.7 Å². The van der Waals surface area contributed by atoms with E-state index in [1.54, 1.807) is 7.05 Å². The Balaban J connectivity index is 3.97. The Morgan fingerprint density at radius 1 is 1.43 bits per heavy atom. The molecule has 0 aliphatic heterocycles. The lowest BCUT2D eigenvalue weighted by molar-refractivity contribution is -0.122. The maximum atomic E-state index is 11.2. The van der Waals surface area contributed by atoms with Crippen molar-refractivity contribution in [3.05, 3.63) is 12.7 Å². The third kappa shape index (κ3) is 4.42. The molecule has 0 rings (SSSR count). The minimum absolute atomic E-state index is 0.0302. The van der Waals surface area contributed by atoms with Crippen molar-refractivity contribution in [2.75, 3.05) is 7.05 Å². The quantitative estimate of drug-likeness (QED) is 0.632. The zero-order chi connectivity index (χ0) is 11.1. The highest BCUT2D eigenvalue weighted by molar-refractivity contribution is 5.80. The van der Waals surface area contributed by atoms with Crippen molar-refractivity contribution in [2.45, 2.75) is 39.3 Å². The van der Waals surface area contributed by atoms with Crippen molar-refractivity contribution < 1.29 is 4.79 Å². The van der Waals surface area contributed by atoms with E-state index in [-0.39, 0.29) is 11.9 Å². The first-order valence-corrected chi connectivity index (χ1v) is 5.11. The van der Waals surface area contributed by atoms with Crippen molar-refractivity contribution >= 4 is 5.91 Å². The predicted molar refractivity (Wildman–Crippen MR) is 60.1 cm³/mol. The summed E-state index contributed by atoms with van der Waals surface area (Å²) >= 11 is 0. The van der Waals surface area contributed by atoms with Crippen LogP contribution < -0.4 is 10.6 Å². The third-order valence-corrected chi connectivity index (χ3v) is 2.54. The van der Waals surface area contributed by atoms with Crippen LogP contribution in [0.1, 0.15) is 27.2 Å². The van der Waals surface area contributed by atoms with Gasteiger partial charge in [0.15, 0.2) is 0 Å². The Hall–Kier alpha value is -0.830. The molecule has 82 valence electrons. The Bertz CT molecular complexity index is 192. The zero-order valence-electron chi connectivity index (χ0n) is 9.63. The Kier molecular flexibility index (Phi) is 6.21. The summed E-state index contributed by atoms with van der Waals surface area (Å²) in [6.07, 6.45) is 2.88. The Morgan fingerprint density at radius 3 is 2.43 bits per heavy atom. The molecular formula is C11H22N2O. The van der Waals surface area contributed by atoms with Gasteiger partial charge in [0.2, 0.25) is 5.91 Å². The van der Waals surface area contributed by atoms with Crippen molar-refractivity contribution in [1.29, 1.82) is 0 Å². The van der Waals surface area contributed by atoms with Gasteiger partial charge in [0.25, 0.3) is 0 Å². The molecule has 0 aromatic rings. The molecule has 0 spiro atoms. The van der Waals surface area contributed by atoms with Crippen LogP contribution in [-0.4, -0.2) is 25.0 Å². The fourth-order valence-corrected chi connectivity index (χ4v) is 1.32. The molecule has 0 radical (unpaired) electrons. The molecule has 1 amide bonds. The fourth-order valence-electron chi connectivity index (χ4n) is 1.32. The molecule has 2 unspecified atom stereocenters. The van der Waals surface area contributed by atoms with Crippen LogP contribution in [0.3, 0.4) is 0 Å². The van der Waals surface area contributed by atoms with Gasteiger partial charge in [-0.2, -0.15) is 0 Å². The summed E-state index contributed by atoms with van der Waals surface area (Å²) in [4.78, 5) is 11.2. The highest BCUT2D eigenvalue weighted by Crippen LogP contribution is 2.08. The summed E-state index contributed by atoms with van der Waals surface area (Å²) in [5.41, 5.74) is 0. The van der Waals surface area contributed by atoms with Gasteiger partial charge < -0.3 is 10.6 Å². The van der Waals surface area contributed by atoms with E-state index in [0.29, 0.717) is 12.0 Å². The maximum Gasteiger partial charge on any atom is 0.236 e. The average molecular weight is 198 g/mol. The highest BCUT2D eigenvalue weighted by atomic mass is 16.2. The van der Waals surface area contributed by atoms with Crippen molar-refractivity contribution in [2.24, 2.45) is 5.92 Å². The molecule has 0 aliphatic rings. The molecule has 0 aromatic heterocycles. The highest BCUT2D eigenvalue weighted by Gasteiger charge is 2.16. The molecule has 0 saturated heterocycles. The van der Waals surface area contributed by atoms with Crippen LogP contribution in [0.5, 0.6) is 0 Å². The monoisotopic (exact) mass is 198 g/mol. The lowest BCUT2D eigenvalue weighted by Gasteiger charge is -2.23. The van der Waals surface area contributed by atoms with E-state index in [1.165, 1.54) is 0 Å². The minimum atomic E-state index is -0.137. The fraction of sp³-hybridized carbons (Fsp3) is 0.727. The van der Waals surface area contributed by atoms with Gasteiger partial charge in [-0.15, -0.1) is 6.58 Å². The number of amides is 1. The molecule has 3 atom stereocenters. The summed E-state index contributed by atoms with van der Waals surface area (Å²) in [5.74, 6) is 0.530. The number of carbonyl (C=O) groups excluding carboxylic acids is 1. The van der Waals surface area contributed by atoms with Gasteiger partial charge >= 0.3 is 0 Å². The van der Waals surface area contributed by atoms with Crippen LogP contribution >= 0.6 is 0 Å². The molecule has 3 heteroatoms. The molecule has 2 N–H and O–H groups in total. The second-order valence-corrected chi connectivity index (χ2v) is 3.79. The van der Waals surface area contributed by atoms with Crippen molar-refractivity contribution in [1.82, 2.24) is 10.6 Å². The summed E-state index contributed by atoms with van der Waals surface area (Å²) in [6, 6.07) is 0.183. The number of rotatable bonds is 6. The summed E-state index contributed by atoms with van der Waals surface area (Å²) in [5, 5.41) is 5.87. The van der Waals surface area contributed by atoms with Crippen LogP contribution in [0, 0.1) is 5.92 Å². The van der Waals surface area contributed by atoms with Gasteiger partial charge in [-0.05, 0) is 26.2 Å². The van der Waals surface area contributed by atoms with Gasteiger partial charge in [0, 0.05) is 13.1 Å². The molecule has 0 aliphatic carbocycles. The topological polar surface area (TPSA) is 41.1 Å². The first-order chi connectivity index (χ1) is 6.52. The predicted octanol–water partition coefficient (Wildman–Crippen LogP) is 1.31. The first-order valence-electron chi connectivity index (χ1n) is 5.11. The Labute approximate surface area is 87.0 Å². The van der Waals surface area contributed by atoms with Crippen LogP contribution in [0.2, 0.25) is 0 Å². The lowest BCUT2D eigenvalue weighted by atomic mass is 9.99.